The molecule has 0 N–H and O–H groups in total. The fourth-order valence-electron chi connectivity index (χ4n) is 4.38. The number of hydrogen-bond donors (Lipinski definition) is 0. The average Bonchev–Trinajstić information content (AvgIpc) is 3.29. The summed E-state index contributed by atoms with van der Waals surface area (Å²) in [7, 11) is 0. The zero-order valence-corrected chi connectivity index (χ0v) is 20.1. The zero-order chi connectivity index (χ0) is 23.0. The lowest BCUT2D eigenvalue weighted by molar-refractivity contribution is -0.131. The molecule has 1 aliphatic carbocycles. The highest BCUT2D eigenvalue weighted by Gasteiger charge is 2.25. The Bertz CT molecular complexity index is 1030. The maximum atomic E-state index is 13.1. The largest absolute Gasteiger partial charge is 0.494 e. The Kier molecular flexibility index (Phi) is 7.99. The Hall–Kier alpha value is -2.87. The molecule has 2 heterocycles. The summed E-state index contributed by atoms with van der Waals surface area (Å²) in [6.07, 6.45) is 9.43. The van der Waals surface area contributed by atoms with E-state index in [1.165, 1.54) is 31.0 Å². The van der Waals surface area contributed by atoms with Crippen LogP contribution in [0.2, 0.25) is 0 Å². The van der Waals surface area contributed by atoms with E-state index in [2.05, 4.69) is 22.1 Å². The van der Waals surface area contributed by atoms with Crippen LogP contribution in [-0.2, 0) is 4.79 Å². The Labute approximate surface area is 199 Å². The molecule has 0 atom stereocenters. The Morgan fingerprint density at radius 2 is 1.91 bits per heavy atom. The quantitative estimate of drug-likeness (QED) is 0.414. The number of rotatable bonds is 9. The van der Waals surface area contributed by atoms with Gasteiger partial charge in [-0.25, -0.2) is 0 Å². The number of carbonyl (C=O) groups excluding carboxylic acids is 1. The van der Waals surface area contributed by atoms with Gasteiger partial charge in [0.2, 0.25) is 5.91 Å². The van der Waals surface area contributed by atoms with E-state index in [0.29, 0.717) is 29.4 Å². The first-order valence-electron chi connectivity index (χ1n) is 11.7. The van der Waals surface area contributed by atoms with Gasteiger partial charge < -0.3 is 9.64 Å². The van der Waals surface area contributed by atoms with Crippen LogP contribution in [0.1, 0.15) is 46.0 Å². The van der Waals surface area contributed by atoms with Crippen molar-refractivity contribution in [2.24, 2.45) is 0 Å². The molecule has 1 amide bonds. The lowest BCUT2D eigenvalue weighted by Crippen LogP contribution is -2.42. The molecule has 1 aliphatic rings. The molecule has 0 spiro atoms. The molecule has 7 nitrogen and oxygen atoms in total. The highest BCUT2D eigenvalue weighted by atomic mass is 32.2. The van der Waals surface area contributed by atoms with Crippen molar-refractivity contribution < 1.29 is 9.53 Å². The molecule has 2 aromatic heterocycles. The summed E-state index contributed by atoms with van der Waals surface area (Å²) in [5.41, 5.74) is 1.78. The standard InChI is InChI=1S/C25H31N5O2S/c1-3-29(20-10-6-5-7-11-20)23(31)18-33-25-28-27-24(19-9-8-16-26-17-19)30(25)21-12-14-22(15-13-21)32-4-2/h8-9,12-17,20H,3-7,10-11,18H2,1-2H3. The van der Waals surface area contributed by atoms with Gasteiger partial charge in [-0.15, -0.1) is 10.2 Å². The van der Waals surface area contributed by atoms with Crippen LogP contribution < -0.4 is 4.74 Å². The summed E-state index contributed by atoms with van der Waals surface area (Å²) in [4.78, 5) is 19.4. The first-order valence-corrected chi connectivity index (χ1v) is 12.7. The van der Waals surface area contributed by atoms with Crippen LogP contribution in [0.25, 0.3) is 17.1 Å². The summed E-state index contributed by atoms with van der Waals surface area (Å²) in [5.74, 6) is 2.01. The van der Waals surface area contributed by atoms with Gasteiger partial charge in [-0.2, -0.15) is 0 Å². The van der Waals surface area contributed by atoms with E-state index in [0.717, 1.165) is 36.4 Å². The Morgan fingerprint density at radius 1 is 1.12 bits per heavy atom. The monoisotopic (exact) mass is 465 g/mol. The predicted octanol–water partition coefficient (Wildman–Crippen LogP) is 5.00. The van der Waals surface area contributed by atoms with E-state index in [1.807, 2.05) is 52.8 Å². The topological polar surface area (TPSA) is 73.1 Å². The number of thioether (sulfide) groups is 1. The second kappa shape index (κ2) is 11.3. The van der Waals surface area contributed by atoms with Gasteiger partial charge in [-0.3, -0.25) is 14.3 Å². The van der Waals surface area contributed by atoms with Gasteiger partial charge in [-0.05, 0) is 63.1 Å². The molecule has 33 heavy (non-hydrogen) atoms. The van der Waals surface area contributed by atoms with Gasteiger partial charge in [0, 0.05) is 36.2 Å². The van der Waals surface area contributed by atoms with Crippen LogP contribution >= 0.6 is 11.8 Å². The number of nitrogens with zero attached hydrogens (tertiary/aromatic N) is 5. The fraction of sp³-hybridized carbons (Fsp3) is 0.440. The second-order valence-electron chi connectivity index (χ2n) is 8.07. The normalized spacial score (nSPS) is 14.2. The molecule has 8 heteroatoms. The van der Waals surface area contributed by atoms with E-state index in [1.54, 1.807) is 12.4 Å². The third-order valence-electron chi connectivity index (χ3n) is 5.96. The van der Waals surface area contributed by atoms with Crippen molar-refractivity contribution in [1.29, 1.82) is 0 Å². The van der Waals surface area contributed by atoms with Crippen LogP contribution in [-0.4, -0.2) is 55.5 Å². The maximum Gasteiger partial charge on any atom is 0.233 e. The highest BCUT2D eigenvalue weighted by Crippen LogP contribution is 2.29. The molecular weight excluding hydrogens is 434 g/mol. The Balaban J connectivity index is 1.58. The molecule has 0 aliphatic heterocycles. The first kappa shape index (κ1) is 23.3. The summed E-state index contributed by atoms with van der Waals surface area (Å²) in [5, 5.41) is 9.58. The van der Waals surface area contributed by atoms with Gasteiger partial charge in [0.15, 0.2) is 11.0 Å². The van der Waals surface area contributed by atoms with Crippen molar-refractivity contribution in [1.82, 2.24) is 24.6 Å². The van der Waals surface area contributed by atoms with Gasteiger partial charge in [-0.1, -0.05) is 31.0 Å². The molecule has 0 radical (unpaired) electrons. The molecule has 3 aromatic rings. The number of carbonyl (C=O) groups is 1. The molecule has 0 bridgehead atoms. The van der Waals surface area contributed by atoms with Crippen LogP contribution in [0.4, 0.5) is 0 Å². The van der Waals surface area contributed by atoms with E-state index >= 15 is 0 Å². The Morgan fingerprint density at radius 3 is 2.58 bits per heavy atom. The zero-order valence-electron chi connectivity index (χ0n) is 19.3. The van der Waals surface area contributed by atoms with Crippen molar-refractivity contribution >= 4 is 17.7 Å². The fourth-order valence-corrected chi connectivity index (χ4v) is 5.21. The van der Waals surface area contributed by atoms with E-state index in [-0.39, 0.29) is 5.91 Å². The lowest BCUT2D eigenvalue weighted by Gasteiger charge is -2.33. The van der Waals surface area contributed by atoms with Crippen molar-refractivity contribution in [2.45, 2.75) is 57.1 Å². The third kappa shape index (κ3) is 5.55. The maximum absolute atomic E-state index is 13.1. The van der Waals surface area contributed by atoms with Crippen molar-refractivity contribution in [3.8, 4) is 22.8 Å². The number of aromatic nitrogens is 4. The molecule has 0 unspecified atom stereocenters. The van der Waals surface area contributed by atoms with Crippen molar-refractivity contribution in [3.63, 3.8) is 0 Å². The number of benzene rings is 1. The lowest BCUT2D eigenvalue weighted by atomic mass is 9.94. The summed E-state index contributed by atoms with van der Waals surface area (Å²) in [6.45, 7) is 5.40. The minimum Gasteiger partial charge on any atom is -0.494 e. The minimum atomic E-state index is 0.165. The molecule has 4 rings (SSSR count). The first-order chi connectivity index (χ1) is 16.2. The third-order valence-corrected chi connectivity index (χ3v) is 6.87. The van der Waals surface area contributed by atoms with Gasteiger partial charge >= 0.3 is 0 Å². The van der Waals surface area contributed by atoms with Gasteiger partial charge in [0.1, 0.15) is 5.75 Å². The highest BCUT2D eigenvalue weighted by molar-refractivity contribution is 7.99. The molecule has 174 valence electrons. The smallest absolute Gasteiger partial charge is 0.233 e. The van der Waals surface area contributed by atoms with Gasteiger partial charge in [0.25, 0.3) is 0 Å². The predicted molar refractivity (Wildman–Crippen MR) is 131 cm³/mol. The second-order valence-corrected chi connectivity index (χ2v) is 9.01. The number of hydrogen-bond acceptors (Lipinski definition) is 6. The van der Waals surface area contributed by atoms with Gasteiger partial charge in [0.05, 0.1) is 12.4 Å². The number of pyridine rings is 1. The molecular formula is C25H31N5O2S. The summed E-state index contributed by atoms with van der Waals surface area (Å²) >= 11 is 1.43. The SMILES string of the molecule is CCOc1ccc(-n2c(SCC(=O)N(CC)C3CCCCC3)nnc2-c2cccnc2)cc1. The van der Waals surface area contributed by atoms with Crippen molar-refractivity contribution in [3.05, 3.63) is 48.8 Å². The average molecular weight is 466 g/mol. The molecule has 1 aromatic carbocycles. The van der Waals surface area contributed by atoms with Crippen LogP contribution in [0.3, 0.4) is 0 Å². The summed E-state index contributed by atoms with van der Waals surface area (Å²) < 4.78 is 7.58. The van der Waals surface area contributed by atoms with Crippen LogP contribution in [0.15, 0.2) is 53.9 Å². The van der Waals surface area contributed by atoms with E-state index in [9.17, 15) is 4.79 Å². The van der Waals surface area contributed by atoms with E-state index in [4.69, 9.17) is 4.74 Å². The molecule has 1 fully saturated rings. The number of amides is 1. The summed E-state index contributed by atoms with van der Waals surface area (Å²) in [6, 6.07) is 12.1. The van der Waals surface area contributed by atoms with Crippen LogP contribution in [0, 0.1) is 0 Å². The molecule has 0 saturated heterocycles. The minimum absolute atomic E-state index is 0.165. The number of ether oxygens (including phenoxy) is 1. The van der Waals surface area contributed by atoms with Crippen molar-refractivity contribution in [2.75, 3.05) is 18.9 Å². The molecule has 1 saturated carbocycles. The van der Waals surface area contributed by atoms with Crippen LogP contribution in [0.5, 0.6) is 5.75 Å². The van der Waals surface area contributed by atoms with E-state index < -0.39 is 0 Å².